The number of benzene rings is 1. The van der Waals surface area contributed by atoms with Crippen LogP contribution in [0.15, 0.2) is 24.3 Å². The van der Waals surface area contributed by atoms with E-state index >= 15 is 0 Å². The van der Waals surface area contributed by atoms with Crippen LogP contribution in [-0.2, 0) is 19.3 Å². The van der Waals surface area contributed by atoms with Gasteiger partial charge in [-0.1, -0.05) is 34.1 Å². The lowest BCUT2D eigenvalue weighted by Gasteiger charge is -2.09. The van der Waals surface area contributed by atoms with Gasteiger partial charge in [-0.2, -0.15) is 0 Å². The molecule has 20 heavy (non-hydrogen) atoms. The molecule has 1 atom stereocenters. The number of hydrogen-bond acceptors (Lipinski definition) is 1. The van der Waals surface area contributed by atoms with Crippen molar-refractivity contribution < 1.29 is 0 Å². The first kappa shape index (κ1) is 14.3. The van der Waals surface area contributed by atoms with Crippen molar-refractivity contribution in [3.63, 3.8) is 0 Å². The Kier molecular flexibility index (Phi) is 4.32. The predicted molar refractivity (Wildman–Crippen MR) is 92.2 cm³/mol. The molecule has 0 aliphatic heterocycles. The summed E-state index contributed by atoms with van der Waals surface area (Å²) in [7, 11) is 0. The van der Waals surface area contributed by atoms with Crippen LogP contribution in [0.2, 0.25) is 0 Å². The number of aryl methyl sites for hydroxylation is 4. The molecule has 3 rings (SSSR count). The molecule has 0 bridgehead atoms. The molecule has 2 aromatic rings. The van der Waals surface area contributed by atoms with Crippen molar-refractivity contribution in [2.45, 2.75) is 50.8 Å². The third kappa shape index (κ3) is 3.01. The van der Waals surface area contributed by atoms with Gasteiger partial charge < -0.3 is 0 Å². The molecular weight excluding hydrogens is 328 g/mol. The van der Waals surface area contributed by atoms with Gasteiger partial charge in [-0.15, -0.1) is 11.3 Å². The summed E-state index contributed by atoms with van der Waals surface area (Å²) in [5.74, 6) is 0. The van der Waals surface area contributed by atoms with Gasteiger partial charge in [0.2, 0.25) is 0 Å². The molecule has 1 aliphatic rings. The van der Waals surface area contributed by atoms with Gasteiger partial charge in [0, 0.05) is 9.75 Å². The van der Waals surface area contributed by atoms with Crippen LogP contribution in [0.5, 0.6) is 0 Å². The number of fused-ring (bicyclic) bond motifs is 1. The van der Waals surface area contributed by atoms with E-state index < -0.39 is 0 Å². The molecule has 0 fully saturated rings. The van der Waals surface area contributed by atoms with Gasteiger partial charge in [-0.05, 0) is 74.3 Å². The van der Waals surface area contributed by atoms with Crippen molar-refractivity contribution in [3.05, 3.63) is 56.3 Å². The fraction of sp³-hybridized carbons (Fsp3) is 0.444. The molecule has 106 valence electrons. The molecule has 1 aliphatic carbocycles. The zero-order valence-corrected chi connectivity index (χ0v) is 14.6. The van der Waals surface area contributed by atoms with E-state index in [1.807, 2.05) is 11.3 Å². The Balaban J connectivity index is 1.76. The molecule has 0 saturated heterocycles. The summed E-state index contributed by atoms with van der Waals surface area (Å²) in [4.78, 5) is 3.60. The second-order valence-electron chi connectivity index (χ2n) is 5.89. The zero-order valence-electron chi connectivity index (χ0n) is 12.2. The highest BCUT2D eigenvalue weighted by Crippen LogP contribution is 2.37. The van der Waals surface area contributed by atoms with Crippen molar-refractivity contribution in [2.24, 2.45) is 0 Å². The maximum atomic E-state index is 3.90. The van der Waals surface area contributed by atoms with Crippen molar-refractivity contribution in [2.75, 3.05) is 0 Å². The largest absolute Gasteiger partial charge is 0.144 e. The van der Waals surface area contributed by atoms with Gasteiger partial charge in [-0.3, -0.25) is 0 Å². The molecule has 0 spiro atoms. The smallest absolute Gasteiger partial charge is 0.0529 e. The van der Waals surface area contributed by atoms with Gasteiger partial charge in [0.1, 0.15) is 0 Å². The molecule has 0 saturated carbocycles. The second kappa shape index (κ2) is 6.03. The summed E-state index contributed by atoms with van der Waals surface area (Å²) in [6.07, 6.45) is 6.41. The van der Waals surface area contributed by atoms with E-state index in [1.165, 1.54) is 47.3 Å². The first-order chi connectivity index (χ1) is 9.63. The number of rotatable bonds is 3. The van der Waals surface area contributed by atoms with Gasteiger partial charge in [0.15, 0.2) is 0 Å². The lowest BCUT2D eigenvalue weighted by Crippen LogP contribution is -1.96. The average Bonchev–Trinajstić information content (AvgIpc) is 2.87. The summed E-state index contributed by atoms with van der Waals surface area (Å²) in [6, 6.07) is 9.28. The van der Waals surface area contributed by atoms with Crippen molar-refractivity contribution >= 4 is 27.3 Å². The first-order valence-electron chi connectivity index (χ1n) is 7.45. The number of alkyl halides is 1. The molecule has 2 heteroatoms. The topological polar surface area (TPSA) is 0 Å². The lowest BCUT2D eigenvalue weighted by molar-refractivity contribution is 0.697. The van der Waals surface area contributed by atoms with E-state index in [9.17, 15) is 0 Å². The molecule has 0 radical (unpaired) electrons. The van der Waals surface area contributed by atoms with Crippen LogP contribution in [0.3, 0.4) is 0 Å². The van der Waals surface area contributed by atoms with Crippen LogP contribution in [-0.4, -0.2) is 0 Å². The normalized spacial score (nSPS) is 15.9. The predicted octanol–water partition coefficient (Wildman–Crippen LogP) is 5.92. The van der Waals surface area contributed by atoms with E-state index in [-0.39, 0.29) is 0 Å². The highest BCUT2D eigenvalue weighted by Gasteiger charge is 2.17. The minimum atomic E-state index is 0.459. The quantitative estimate of drug-likeness (QED) is 0.603. The standard InChI is InChI=1S/C18H21BrS/c1-12-7-8-14(9-13(12)2)10-16(19)18-11-15-5-3-4-6-17(15)20-18/h7-9,11,16H,3-6,10H2,1-2H3. The van der Waals surface area contributed by atoms with Crippen LogP contribution in [0, 0.1) is 13.8 Å². The van der Waals surface area contributed by atoms with Crippen molar-refractivity contribution in [1.82, 2.24) is 0 Å². The Morgan fingerprint density at radius 2 is 1.90 bits per heavy atom. The van der Waals surface area contributed by atoms with Crippen LogP contribution >= 0.6 is 27.3 Å². The number of hydrogen-bond donors (Lipinski definition) is 0. The molecule has 0 nitrogen and oxygen atoms in total. The summed E-state index contributed by atoms with van der Waals surface area (Å²) >= 11 is 5.93. The molecule has 1 aromatic carbocycles. The Hall–Kier alpha value is -0.600. The van der Waals surface area contributed by atoms with Gasteiger partial charge in [0.05, 0.1) is 4.83 Å². The Morgan fingerprint density at radius 1 is 1.10 bits per heavy atom. The lowest BCUT2D eigenvalue weighted by atomic mass is 9.98. The molecular formula is C18H21BrS. The maximum absolute atomic E-state index is 3.90. The monoisotopic (exact) mass is 348 g/mol. The van der Waals surface area contributed by atoms with E-state index in [4.69, 9.17) is 0 Å². The maximum Gasteiger partial charge on any atom is 0.0529 e. The Labute approximate surface area is 134 Å². The van der Waals surface area contributed by atoms with Crippen LogP contribution in [0.1, 0.15) is 49.7 Å². The van der Waals surface area contributed by atoms with Crippen LogP contribution in [0.25, 0.3) is 0 Å². The minimum absolute atomic E-state index is 0.459. The summed E-state index contributed by atoms with van der Waals surface area (Å²) in [5.41, 5.74) is 5.82. The molecule has 0 amide bonds. The Bertz CT molecular complexity index is 588. The number of thiophene rings is 1. The Morgan fingerprint density at radius 3 is 2.65 bits per heavy atom. The van der Waals surface area contributed by atoms with Crippen molar-refractivity contribution in [3.8, 4) is 0 Å². The van der Waals surface area contributed by atoms with Crippen molar-refractivity contribution in [1.29, 1.82) is 0 Å². The molecule has 0 N–H and O–H groups in total. The van der Waals surface area contributed by atoms with E-state index in [0.29, 0.717) is 4.83 Å². The molecule has 1 unspecified atom stereocenters. The summed E-state index contributed by atoms with van der Waals surface area (Å²) in [5, 5.41) is 0. The fourth-order valence-electron chi connectivity index (χ4n) is 2.91. The highest BCUT2D eigenvalue weighted by molar-refractivity contribution is 9.09. The van der Waals surface area contributed by atoms with Crippen LogP contribution in [0.4, 0.5) is 0 Å². The third-order valence-corrected chi connectivity index (χ3v) is 6.78. The van der Waals surface area contributed by atoms with E-state index in [0.717, 1.165) is 6.42 Å². The van der Waals surface area contributed by atoms with E-state index in [2.05, 4.69) is 54.0 Å². The SMILES string of the molecule is Cc1ccc(CC(Br)c2cc3c(s2)CCCC3)cc1C. The average molecular weight is 349 g/mol. The van der Waals surface area contributed by atoms with Gasteiger partial charge >= 0.3 is 0 Å². The third-order valence-electron chi connectivity index (χ3n) is 4.31. The summed E-state index contributed by atoms with van der Waals surface area (Å²) < 4.78 is 0. The summed E-state index contributed by atoms with van der Waals surface area (Å²) in [6.45, 7) is 4.38. The number of halogens is 1. The van der Waals surface area contributed by atoms with E-state index in [1.54, 1.807) is 10.4 Å². The fourth-order valence-corrected chi connectivity index (χ4v) is 4.93. The first-order valence-corrected chi connectivity index (χ1v) is 9.18. The highest BCUT2D eigenvalue weighted by atomic mass is 79.9. The van der Waals surface area contributed by atoms with Gasteiger partial charge in [0.25, 0.3) is 0 Å². The molecule has 1 aromatic heterocycles. The second-order valence-corrected chi connectivity index (χ2v) is 8.17. The molecule has 1 heterocycles. The minimum Gasteiger partial charge on any atom is -0.144 e. The van der Waals surface area contributed by atoms with Gasteiger partial charge in [-0.25, -0.2) is 0 Å². The zero-order chi connectivity index (χ0) is 14.1. The van der Waals surface area contributed by atoms with Crippen LogP contribution < -0.4 is 0 Å².